The summed E-state index contributed by atoms with van der Waals surface area (Å²) in [7, 11) is 0. The van der Waals surface area contributed by atoms with Gasteiger partial charge in [-0.1, -0.05) is 212 Å². The van der Waals surface area contributed by atoms with Crippen molar-refractivity contribution in [2.24, 2.45) is 20.8 Å². The molecule has 12 heteroatoms. The summed E-state index contributed by atoms with van der Waals surface area (Å²) in [5.41, 5.74) is 17.4. The number of nitrogens with zero attached hydrogens (tertiary/aromatic N) is 10. The molecule has 4 unspecified atom stereocenters. The largest absolute Gasteiger partial charge is 0.478 e. The van der Waals surface area contributed by atoms with Crippen molar-refractivity contribution >= 4 is 81.2 Å². The molecule has 0 amide bonds. The van der Waals surface area contributed by atoms with E-state index in [-0.39, 0.29) is 63.8 Å². The first-order valence-corrected chi connectivity index (χ1v) is 30.6. The van der Waals surface area contributed by atoms with Crippen molar-refractivity contribution in [3.63, 3.8) is 0 Å². The van der Waals surface area contributed by atoms with E-state index in [9.17, 15) is 0 Å². The van der Waals surface area contributed by atoms with Crippen LogP contribution in [0, 0.1) is 36.3 Å². The van der Waals surface area contributed by atoms with Crippen molar-refractivity contribution < 1.29 is 42.1 Å². The predicted octanol–water partition coefficient (Wildman–Crippen LogP) is 21.0. The summed E-state index contributed by atoms with van der Waals surface area (Å²) in [6, 6.07) is 83.3. The molecule has 460 valence electrons. The molecule has 0 saturated heterocycles. The Morgan fingerprint density at radius 2 is 0.767 bits per heavy atom. The third kappa shape index (κ3) is 11.9. The van der Waals surface area contributed by atoms with Crippen LogP contribution in [0.1, 0.15) is 101 Å². The molecule has 16 rings (SSSR count). The van der Waals surface area contributed by atoms with Crippen molar-refractivity contribution in [1.29, 1.82) is 0 Å². The van der Waals surface area contributed by atoms with E-state index in [1.807, 2.05) is 146 Å². The van der Waals surface area contributed by atoms with Gasteiger partial charge in [-0.25, -0.2) is 9.97 Å². The standard InChI is InChI=1S/2C26H25N3.2C13H11N2.2Pt/c2*1-25(2)20-14-15-26(25,3)21-16-27-24-23(22(20)21)28(18-10-6-4-7-11-18)17-29(24)19-12-8-5-9-13-19;2*1-3-7-12(8-4-1)14-11-15-13-9-5-2-6-10-13;;/h2*4-12,16-17,20H,14-15H2,1-3H3;2*1-11H;;/q2*-2;2*-1;;. The number of benzene rings is 8. The summed E-state index contributed by atoms with van der Waals surface area (Å²) < 4.78 is 0. The SMILES string of the molecule is C(=Nc1ccccc1)[N-]c1ccccc1.C(=Nc1ccccc1)[N-]c1ccccc1.CC12CCC(c3c1cnc1c3N(c3ccccc3)[CH-]N1c1[c-]cccc1)C2(C)C.CC12CCC(c3c1cnc1c3N(c3ccccc3)[CH-]N1c1[c-]cccc1)C2(C)C.[Pt].[Pt]. The summed E-state index contributed by atoms with van der Waals surface area (Å²) in [6.07, 6.45) is 12.5. The maximum Gasteiger partial charge on any atom is 0.125 e. The molecule has 4 heterocycles. The van der Waals surface area contributed by atoms with E-state index in [4.69, 9.17) is 9.97 Å². The molecule has 90 heavy (non-hydrogen) atoms. The van der Waals surface area contributed by atoms with Crippen molar-refractivity contribution in [2.75, 3.05) is 19.6 Å². The number of pyridine rings is 2. The molecule has 4 bridgehead atoms. The fraction of sp³-hybridized carbons (Fsp3) is 0.205. The number of hydrogen-bond acceptors (Lipinski definition) is 8. The van der Waals surface area contributed by atoms with Crippen LogP contribution in [0.3, 0.4) is 0 Å². The van der Waals surface area contributed by atoms with Crippen LogP contribution in [0.5, 0.6) is 0 Å². The second kappa shape index (κ2) is 27.0. The van der Waals surface area contributed by atoms with E-state index in [2.05, 4.69) is 205 Å². The summed E-state index contributed by atoms with van der Waals surface area (Å²) >= 11 is 0. The van der Waals surface area contributed by atoms with Gasteiger partial charge in [-0.15, -0.1) is 24.7 Å². The van der Waals surface area contributed by atoms with Gasteiger partial charge in [0.05, 0.1) is 11.4 Å². The predicted molar refractivity (Wildman–Crippen MR) is 363 cm³/mol. The summed E-state index contributed by atoms with van der Waals surface area (Å²) in [6.45, 7) is 19.1. The first kappa shape index (κ1) is 63.2. The molecule has 2 saturated carbocycles. The monoisotopic (exact) mass is 1540 g/mol. The molecular weight excluding hydrogens is 1470 g/mol. The van der Waals surface area contributed by atoms with Crippen LogP contribution >= 0.6 is 0 Å². The molecule has 0 N–H and O–H groups in total. The molecule has 2 fully saturated rings. The van der Waals surface area contributed by atoms with E-state index < -0.39 is 0 Å². The Hall–Kier alpha value is -8.42. The minimum absolute atomic E-state index is 0. The van der Waals surface area contributed by atoms with Gasteiger partial charge in [-0.05, 0) is 118 Å². The van der Waals surface area contributed by atoms with E-state index in [0.29, 0.717) is 11.8 Å². The topological polar surface area (TPSA) is 91.7 Å². The molecule has 10 aromatic rings. The summed E-state index contributed by atoms with van der Waals surface area (Å²) in [5.74, 6) is 3.17. The van der Waals surface area contributed by atoms with Gasteiger partial charge >= 0.3 is 0 Å². The van der Waals surface area contributed by atoms with Crippen LogP contribution in [0.4, 0.5) is 68.5 Å². The quantitative estimate of drug-likeness (QED) is 0.0770. The van der Waals surface area contributed by atoms with E-state index >= 15 is 0 Å². The molecule has 4 atom stereocenters. The Morgan fingerprint density at radius 3 is 1.11 bits per heavy atom. The van der Waals surface area contributed by atoms with Gasteiger partial charge in [-0.3, -0.25) is 0 Å². The van der Waals surface area contributed by atoms with E-state index in [0.717, 1.165) is 45.8 Å². The molecule has 6 aliphatic rings. The van der Waals surface area contributed by atoms with Crippen LogP contribution in [0.15, 0.2) is 253 Å². The average Bonchev–Trinajstić information content (AvgIpc) is 1.53. The van der Waals surface area contributed by atoms with Crippen molar-refractivity contribution in [3.05, 3.63) is 301 Å². The van der Waals surface area contributed by atoms with Gasteiger partial charge in [0, 0.05) is 76.7 Å². The fourth-order valence-electron chi connectivity index (χ4n) is 14.2. The van der Waals surface area contributed by atoms with Gasteiger partial charge in [0.1, 0.15) is 11.6 Å². The molecular formula is C78H72N10Pt2-6. The number of aliphatic imine (C=N–C) groups is 2. The molecule has 8 aromatic carbocycles. The van der Waals surface area contributed by atoms with E-state index in [1.165, 1.54) is 70.7 Å². The van der Waals surface area contributed by atoms with Crippen LogP contribution in [-0.4, -0.2) is 22.6 Å². The molecule has 0 spiro atoms. The van der Waals surface area contributed by atoms with Gasteiger partial charge in [0.2, 0.25) is 0 Å². The zero-order valence-corrected chi connectivity index (χ0v) is 56.0. The second-order valence-corrected chi connectivity index (χ2v) is 24.8. The first-order valence-electron chi connectivity index (χ1n) is 30.6. The Bertz CT molecular complexity index is 3790. The van der Waals surface area contributed by atoms with Crippen LogP contribution in [0.2, 0.25) is 0 Å². The number of rotatable bonds is 10. The number of anilines is 8. The Kier molecular flexibility index (Phi) is 18.9. The average molecular weight is 1540 g/mol. The van der Waals surface area contributed by atoms with Crippen molar-refractivity contribution in [2.45, 2.75) is 89.9 Å². The number of fused-ring (bicyclic) bond motifs is 14. The first-order chi connectivity index (χ1) is 42.9. The zero-order valence-electron chi connectivity index (χ0n) is 51.5. The number of para-hydroxylation sites is 8. The normalized spacial score (nSPS) is 20.2. The van der Waals surface area contributed by atoms with E-state index in [1.54, 1.807) is 12.7 Å². The maximum atomic E-state index is 5.03. The molecule has 2 aromatic heterocycles. The van der Waals surface area contributed by atoms with Crippen molar-refractivity contribution in [3.8, 4) is 0 Å². The Balaban J connectivity index is 0.000000128. The Labute approximate surface area is 560 Å². The van der Waals surface area contributed by atoms with Gasteiger partial charge < -0.3 is 40.2 Å². The molecule has 4 aliphatic carbocycles. The molecule has 0 radical (unpaired) electrons. The minimum Gasteiger partial charge on any atom is -0.478 e. The number of aromatic nitrogens is 2. The van der Waals surface area contributed by atoms with Crippen LogP contribution in [0.25, 0.3) is 10.6 Å². The summed E-state index contributed by atoms with van der Waals surface area (Å²) in [4.78, 5) is 27.5. The number of hydrogen-bond donors (Lipinski definition) is 0. The van der Waals surface area contributed by atoms with Gasteiger partial charge in [0.25, 0.3) is 0 Å². The third-order valence-electron chi connectivity index (χ3n) is 19.7. The fourth-order valence-corrected chi connectivity index (χ4v) is 14.2. The van der Waals surface area contributed by atoms with Crippen LogP contribution in [-0.2, 0) is 53.0 Å². The third-order valence-corrected chi connectivity index (χ3v) is 19.7. The zero-order chi connectivity index (χ0) is 60.3. The minimum atomic E-state index is 0. The van der Waals surface area contributed by atoms with Crippen LogP contribution < -0.4 is 19.6 Å². The maximum absolute atomic E-state index is 5.03. The second-order valence-electron chi connectivity index (χ2n) is 24.8. The smallest absolute Gasteiger partial charge is 0.125 e. The van der Waals surface area contributed by atoms with Gasteiger partial charge in [-0.2, -0.15) is 60.7 Å². The molecule has 2 aliphatic heterocycles. The summed E-state index contributed by atoms with van der Waals surface area (Å²) in [5, 5.41) is 8.42. The molecule has 10 nitrogen and oxygen atoms in total. The Morgan fingerprint density at radius 1 is 0.433 bits per heavy atom. The van der Waals surface area contributed by atoms with Gasteiger partial charge in [0.15, 0.2) is 0 Å². The van der Waals surface area contributed by atoms with Crippen molar-refractivity contribution in [1.82, 2.24) is 9.97 Å².